The molecule has 0 spiro atoms. The Labute approximate surface area is 119 Å². The summed E-state index contributed by atoms with van der Waals surface area (Å²) < 4.78 is 1.53. The second-order valence-electron chi connectivity index (χ2n) is 4.33. The van der Waals surface area contributed by atoms with Crippen LogP contribution in [0.4, 0.5) is 0 Å². The van der Waals surface area contributed by atoms with E-state index in [0.717, 1.165) is 16.3 Å². The standard InChI is InChI=1S/C12H15N3O2S2/c1-8-9(2)19-12(17)15(8)5-11(16)14(3)4-10-6-18-7-13-10/h6-7H,4-5H2,1-3H3. The Hall–Kier alpha value is -1.47. The number of thiazole rings is 2. The van der Waals surface area contributed by atoms with E-state index in [4.69, 9.17) is 0 Å². The molecule has 0 radical (unpaired) electrons. The van der Waals surface area contributed by atoms with Crippen LogP contribution in [-0.4, -0.2) is 27.4 Å². The highest BCUT2D eigenvalue weighted by Gasteiger charge is 2.15. The van der Waals surface area contributed by atoms with E-state index >= 15 is 0 Å². The number of nitrogens with zero attached hydrogens (tertiary/aromatic N) is 3. The molecule has 19 heavy (non-hydrogen) atoms. The number of hydrogen-bond acceptors (Lipinski definition) is 5. The molecule has 0 bridgehead atoms. The van der Waals surface area contributed by atoms with Gasteiger partial charge in [0.15, 0.2) is 0 Å². The van der Waals surface area contributed by atoms with Crippen LogP contribution in [0.25, 0.3) is 0 Å². The number of likely N-dealkylation sites (N-methyl/N-ethyl adjacent to an activating group) is 1. The number of carbonyl (C=O) groups excluding carboxylic acids is 1. The highest BCUT2D eigenvalue weighted by molar-refractivity contribution is 7.09. The highest BCUT2D eigenvalue weighted by Crippen LogP contribution is 2.10. The van der Waals surface area contributed by atoms with Crippen molar-refractivity contribution in [3.63, 3.8) is 0 Å². The summed E-state index contributed by atoms with van der Waals surface area (Å²) in [6.45, 7) is 4.32. The molecule has 2 aromatic heterocycles. The van der Waals surface area contributed by atoms with E-state index in [0.29, 0.717) is 6.54 Å². The maximum absolute atomic E-state index is 12.1. The SMILES string of the molecule is Cc1sc(=O)n(CC(=O)N(C)Cc2cscn2)c1C. The van der Waals surface area contributed by atoms with Crippen molar-refractivity contribution in [3.05, 3.63) is 36.8 Å². The molecule has 7 heteroatoms. The van der Waals surface area contributed by atoms with Crippen molar-refractivity contribution in [2.45, 2.75) is 26.9 Å². The predicted octanol–water partition coefficient (Wildman–Crippen LogP) is 1.64. The fourth-order valence-corrected chi connectivity index (χ4v) is 3.05. The zero-order chi connectivity index (χ0) is 14.0. The van der Waals surface area contributed by atoms with Crippen LogP contribution in [0.1, 0.15) is 16.3 Å². The lowest BCUT2D eigenvalue weighted by molar-refractivity contribution is -0.131. The van der Waals surface area contributed by atoms with Gasteiger partial charge in [-0.25, -0.2) is 4.98 Å². The predicted molar refractivity (Wildman–Crippen MR) is 76.6 cm³/mol. The summed E-state index contributed by atoms with van der Waals surface area (Å²) in [6, 6.07) is 0. The highest BCUT2D eigenvalue weighted by atomic mass is 32.1. The number of hydrogen-bond donors (Lipinski definition) is 0. The van der Waals surface area contributed by atoms with Crippen molar-refractivity contribution in [1.82, 2.24) is 14.5 Å². The normalized spacial score (nSPS) is 10.7. The topological polar surface area (TPSA) is 55.2 Å². The monoisotopic (exact) mass is 297 g/mol. The molecule has 0 atom stereocenters. The fraction of sp³-hybridized carbons (Fsp3) is 0.417. The summed E-state index contributed by atoms with van der Waals surface area (Å²) in [5, 5.41) is 1.91. The van der Waals surface area contributed by atoms with Crippen LogP contribution >= 0.6 is 22.7 Å². The first kappa shape index (κ1) is 14.0. The summed E-state index contributed by atoms with van der Waals surface area (Å²) >= 11 is 2.68. The van der Waals surface area contributed by atoms with E-state index in [-0.39, 0.29) is 17.3 Å². The second kappa shape index (κ2) is 5.66. The minimum atomic E-state index is -0.0870. The molecule has 0 aromatic carbocycles. The molecular weight excluding hydrogens is 282 g/mol. The van der Waals surface area contributed by atoms with Crippen LogP contribution in [0, 0.1) is 13.8 Å². The largest absolute Gasteiger partial charge is 0.338 e. The summed E-state index contributed by atoms with van der Waals surface area (Å²) in [4.78, 5) is 30.4. The third-order valence-electron chi connectivity index (χ3n) is 2.98. The van der Waals surface area contributed by atoms with Crippen molar-refractivity contribution in [2.24, 2.45) is 0 Å². The second-order valence-corrected chi connectivity index (χ2v) is 6.21. The van der Waals surface area contributed by atoms with Crippen LogP contribution in [0.3, 0.4) is 0 Å². The van der Waals surface area contributed by atoms with E-state index in [1.807, 2.05) is 19.2 Å². The van der Waals surface area contributed by atoms with Crippen molar-refractivity contribution in [2.75, 3.05) is 7.05 Å². The molecule has 0 unspecified atom stereocenters. The minimum absolute atomic E-state index is 0.0783. The lowest BCUT2D eigenvalue weighted by atomic mass is 10.4. The van der Waals surface area contributed by atoms with Gasteiger partial charge in [-0.2, -0.15) is 0 Å². The third kappa shape index (κ3) is 3.10. The lowest BCUT2D eigenvalue weighted by Crippen LogP contribution is -2.32. The molecule has 0 aliphatic heterocycles. The molecular formula is C12H15N3O2S2. The zero-order valence-corrected chi connectivity index (χ0v) is 12.7. The Kier molecular flexibility index (Phi) is 4.16. The average molecular weight is 297 g/mol. The molecule has 0 aliphatic carbocycles. The van der Waals surface area contributed by atoms with Gasteiger partial charge < -0.3 is 4.90 Å². The molecule has 2 rings (SSSR count). The Morgan fingerprint density at radius 3 is 2.74 bits per heavy atom. The van der Waals surface area contributed by atoms with Crippen LogP contribution in [0.2, 0.25) is 0 Å². The van der Waals surface area contributed by atoms with Gasteiger partial charge in [-0.05, 0) is 13.8 Å². The Balaban J connectivity index is 2.06. The van der Waals surface area contributed by atoms with E-state index in [2.05, 4.69) is 4.98 Å². The Morgan fingerprint density at radius 2 is 2.21 bits per heavy atom. The van der Waals surface area contributed by atoms with Crippen molar-refractivity contribution in [1.29, 1.82) is 0 Å². The van der Waals surface area contributed by atoms with Gasteiger partial charge in [-0.3, -0.25) is 14.2 Å². The molecule has 0 saturated heterocycles. The molecule has 2 heterocycles. The first-order valence-corrected chi connectivity index (χ1v) is 7.53. The summed E-state index contributed by atoms with van der Waals surface area (Å²) in [6.07, 6.45) is 0. The molecule has 5 nitrogen and oxygen atoms in total. The summed E-state index contributed by atoms with van der Waals surface area (Å²) in [7, 11) is 1.72. The van der Waals surface area contributed by atoms with Gasteiger partial charge in [0.1, 0.15) is 6.54 Å². The molecule has 0 N–H and O–H groups in total. The Bertz CT molecular complexity index is 628. The molecule has 1 amide bonds. The minimum Gasteiger partial charge on any atom is -0.338 e. The van der Waals surface area contributed by atoms with Gasteiger partial charge in [0.25, 0.3) is 0 Å². The van der Waals surface area contributed by atoms with Gasteiger partial charge >= 0.3 is 4.87 Å². The van der Waals surface area contributed by atoms with Crippen LogP contribution in [0.5, 0.6) is 0 Å². The zero-order valence-electron chi connectivity index (χ0n) is 11.0. The molecule has 2 aromatic rings. The van der Waals surface area contributed by atoms with Crippen molar-refractivity contribution < 1.29 is 4.79 Å². The van der Waals surface area contributed by atoms with Gasteiger partial charge in [0.05, 0.1) is 17.7 Å². The Morgan fingerprint density at radius 1 is 1.47 bits per heavy atom. The van der Waals surface area contributed by atoms with Crippen molar-refractivity contribution in [3.8, 4) is 0 Å². The van der Waals surface area contributed by atoms with Crippen molar-refractivity contribution >= 4 is 28.6 Å². The van der Waals surface area contributed by atoms with Crippen LogP contribution in [0.15, 0.2) is 15.7 Å². The smallest absolute Gasteiger partial charge is 0.308 e. The van der Waals surface area contributed by atoms with E-state index < -0.39 is 0 Å². The van der Waals surface area contributed by atoms with Gasteiger partial charge in [0.2, 0.25) is 5.91 Å². The average Bonchev–Trinajstić information content (AvgIpc) is 2.94. The third-order valence-corrected chi connectivity index (χ3v) is 4.61. The summed E-state index contributed by atoms with van der Waals surface area (Å²) in [5.74, 6) is -0.0870. The van der Waals surface area contributed by atoms with E-state index in [1.165, 1.54) is 27.2 Å². The maximum atomic E-state index is 12.1. The number of aromatic nitrogens is 2. The van der Waals surface area contributed by atoms with E-state index in [1.54, 1.807) is 17.5 Å². The van der Waals surface area contributed by atoms with Gasteiger partial charge in [0, 0.05) is 23.0 Å². The van der Waals surface area contributed by atoms with Crippen LogP contribution < -0.4 is 4.87 Å². The maximum Gasteiger partial charge on any atom is 0.308 e. The number of aryl methyl sites for hydroxylation is 1. The molecule has 0 saturated carbocycles. The van der Waals surface area contributed by atoms with E-state index in [9.17, 15) is 9.59 Å². The molecule has 102 valence electrons. The number of amides is 1. The lowest BCUT2D eigenvalue weighted by Gasteiger charge is -2.16. The molecule has 0 fully saturated rings. The number of rotatable bonds is 4. The first-order chi connectivity index (χ1) is 8.99. The quantitative estimate of drug-likeness (QED) is 0.862. The first-order valence-electron chi connectivity index (χ1n) is 5.77. The number of carbonyl (C=O) groups is 1. The fourth-order valence-electron chi connectivity index (χ4n) is 1.67. The van der Waals surface area contributed by atoms with Crippen LogP contribution in [-0.2, 0) is 17.9 Å². The van der Waals surface area contributed by atoms with Gasteiger partial charge in [-0.1, -0.05) is 11.3 Å². The molecule has 0 aliphatic rings. The van der Waals surface area contributed by atoms with Gasteiger partial charge in [-0.15, -0.1) is 11.3 Å². The summed E-state index contributed by atoms with van der Waals surface area (Å²) in [5.41, 5.74) is 3.47.